The molecule has 0 aromatic heterocycles. The number of hydrogen-bond acceptors (Lipinski definition) is 3. The second-order valence-corrected chi connectivity index (χ2v) is 5.72. The first-order valence-corrected chi connectivity index (χ1v) is 6.97. The Morgan fingerprint density at radius 3 is 2.63 bits per heavy atom. The minimum atomic E-state index is -0.853. The van der Waals surface area contributed by atoms with Gasteiger partial charge in [-0.15, -0.1) is 0 Å². The summed E-state index contributed by atoms with van der Waals surface area (Å²) in [4.78, 5) is 23.6. The topological polar surface area (TPSA) is 75.6 Å². The summed E-state index contributed by atoms with van der Waals surface area (Å²) in [5.41, 5.74) is 0. The molecule has 104 valence electrons. The van der Waals surface area contributed by atoms with Gasteiger partial charge in [-0.3, -0.25) is 9.59 Å². The van der Waals surface area contributed by atoms with Crippen LogP contribution in [0.3, 0.4) is 0 Å². The van der Waals surface area contributed by atoms with Crippen molar-refractivity contribution in [3.8, 4) is 0 Å². The van der Waals surface area contributed by atoms with Crippen LogP contribution in [0, 0.1) is 23.7 Å². The number of ether oxygens (including phenoxy) is 1. The third kappa shape index (κ3) is 2.27. The number of rotatable bonds is 4. The molecule has 1 saturated heterocycles. The number of allylic oxidation sites excluding steroid dienone is 2. The highest BCUT2D eigenvalue weighted by Crippen LogP contribution is 2.48. The minimum Gasteiger partial charge on any atom is -0.481 e. The van der Waals surface area contributed by atoms with Gasteiger partial charge >= 0.3 is 5.97 Å². The standard InChI is InChI=1S/C14H19NO4/c16-13(15-7-10-2-1-5-19-10)11-8-3-4-9(6-8)12(11)14(17)18/h3-4,8-12H,1-2,5-7H2,(H,15,16)(H,17,18)/t8?,9?,10?,11-,12+/m0/s1. The van der Waals surface area contributed by atoms with Crippen molar-refractivity contribution in [2.75, 3.05) is 13.2 Å². The first-order chi connectivity index (χ1) is 9.16. The molecule has 0 aromatic rings. The molecule has 0 radical (unpaired) electrons. The van der Waals surface area contributed by atoms with Gasteiger partial charge in [0, 0.05) is 13.2 Å². The summed E-state index contributed by atoms with van der Waals surface area (Å²) >= 11 is 0. The number of fused-ring (bicyclic) bond motifs is 2. The molecule has 1 aliphatic heterocycles. The van der Waals surface area contributed by atoms with Crippen molar-refractivity contribution in [3.05, 3.63) is 12.2 Å². The molecule has 1 saturated carbocycles. The molecule has 2 aliphatic carbocycles. The molecular formula is C14H19NO4. The number of carboxylic acid groups (broad SMARTS) is 1. The fraction of sp³-hybridized carbons (Fsp3) is 0.714. The van der Waals surface area contributed by atoms with Crippen LogP contribution >= 0.6 is 0 Å². The van der Waals surface area contributed by atoms with Crippen LogP contribution in [-0.2, 0) is 14.3 Å². The van der Waals surface area contributed by atoms with Gasteiger partial charge in [0.05, 0.1) is 17.9 Å². The molecule has 0 aromatic carbocycles. The summed E-state index contributed by atoms with van der Waals surface area (Å²) in [5, 5.41) is 12.2. The summed E-state index contributed by atoms with van der Waals surface area (Å²) in [6.45, 7) is 1.26. The molecule has 3 rings (SSSR count). The van der Waals surface area contributed by atoms with Crippen molar-refractivity contribution in [2.24, 2.45) is 23.7 Å². The van der Waals surface area contributed by atoms with Gasteiger partial charge in [0.2, 0.25) is 5.91 Å². The first kappa shape index (κ1) is 12.7. The van der Waals surface area contributed by atoms with E-state index >= 15 is 0 Å². The van der Waals surface area contributed by atoms with Gasteiger partial charge in [0.15, 0.2) is 0 Å². The largest absolute Gasteiger partial charge is 0.481 e. The Morgan fingerprint density at radius 2 is 2.00 bits per heavy atom. The van der Waals surface area contributed by atoms with Gasteiger partial charge in [-0.05, 0) is 31.1 Å². The van der Waals surface area contributed by atoms with E-state index in [0.29, 0.717) is 6.54 Å². The quantitative estimate of drug-likeness (QED) is 0.737. The fourth-order valence-corrected chi connectivity index (χ4v) is 3.65. The SMILES string of the molecule is O=C(O)[C@@H]1C2C=CC(C2)[C@@H]1C(=O)NCC1CCCO1. The van der Waals surface area contributed by atoms with Crippen LogP contribution in [0.25, 0.3) is 0 Å². The highest BCUT2D eigenvalue weighted by molar-refractivity contribution is 5.86. The number of carbonyl (C=O) groups excluding carboxylic acids is 1. The average molecular weight is 265 g/mol. The maximum atomic E-state index is 12.2. The van der Waals surface area contributed by atoms with Crippen LogP contribution in [0.2, 0.25) is 0 Å². The predicted octanol–water partition coefficient (Wildman–Crippen LogP) is 0.804. The van der Waals surface area contributed by atoms with Crippen LogP contribution in [0.4, 0.5) is 0 Å². The molecule has 0 spiro atoms. The third-order valence-electron chi connectivity index (χ3n) is 4.58. The van der Waals surface area contributed by atoms with Crippen LogP contribution in [0.15, 0.2) is 12.2 Å². The van der Waals surface area contributed by atoms with E-state index in [9.17, 15) is 14.7 Å². The van der Waals surface area contributed by atoms with Crippen molar-refractivity contribution in [2.45, 2.75) is 25.4 Å². The average Bonchev–Trinajstić information content (AvgIpc) is 3.10. The Balaban J connectivity index is 1.62. The molecule has 2 N–H and O–H groups in total. The van der Waals surface area contributed by atoms with E-state index in [1.165, 1.54) is 0 Å². The summed E-state index contributed by atoms with van der Waals surface area (Å²) in [5.74, 6) is -1.82. The molecule has 5 nitrogen and oxygen atoms in total. The van der Waals surface area contributed by atoms with E-state index in [-0.39, 0.29) is 23.8 Å². The van der Waals surface area contributed by atoms with Crippen molar-refractivity contribution in [3.63, 3.8) is 0 Å². The molecule has 2 fully saturated rings. The van der Waals surface area contributed by atoms with Gasteiger partial charge in [0.25, 0.3) is 0 Å². The van der Waals surface area contributed by atoms with Crippen LogP contribution in [0.1, 0.15) is 19.3 Å². The lowest BCUT2D eigenvalue weighted by molar-refractivity contribution is -0.147. The number of amides is 1. The van der Waals surface area contributed by atoms with Crippen LogP contribution in [0.5, 0.6) is 0 Å². The van der Waals surface area contributed by atoms with Crippen molar-refractivity contribution in [1.29, 1.82) is 0 Å². The Morgan fingerprint density at radius 1 is 1.26 bits per heavy atom. The fourth-order valence-electron chi connectivity index (χ4n) is 3.65. The lowest BCUT2D eigenvalue weighted by atomic mass is 9.82. The lowest BCUT2D eigenvalue weighted by Crippen LogP contribution is -2.42. The van der Waals surface area contributed by atoms with Gasteiger partial charge in [0.1, 0.15) is 0 Å². The highest BCUT2D eigenvalue weighted by atomic mass is 16.5. The Kier molecular flexibility index (Phi) is 3.31. The van der Waals surface area contributed by atoms with Crippen LogP contribution < -0.4 is 5.32 Å². The summed E-state index contributed by atoms with van der Waals surface area (Å²) < 4.78 is 5.46. The normalized spacial score (nSPS) is 39.7. The van der Waals surface area contributed by atoms with Gasteiger partial charge < -0.3 is 15.2 Å². The first-order valence-electron chi connectivity index (χ1n) is 6.97. The Hall–Kier alpha value is -1.36. The maximum Gasteiger partial charge on any atom is 0.307 e. The number of carboxylic acids is 1. The van der Waals surface area contributed by atoms with E-state index in [1.807, 2.05) is 12.2 Å². The summed E-state index contributed by atoms with van der Waals surface area (Å²) in [6, 6.07) is 0. The smallest absolute Gasteiger partial charge is 0.307 e. The highest BCUT2D eigenvalue weighted by Gasteiger charge is 2.51. The Bertz CT molecular complexity index is 414. The van der Waals surface area contributed by atoms with Crippen LogP contribution in [-0.4, -0.2) is 36.2 Å². The molecule has 5 atom stereocenters. The predicted molar refractivity (Wildman–Crippen MR) is 67.3 cm³/mol. The van der Waals surface area contributed by atoms with Gasteiger partial charge in [-0.25, -0.2) is 0 Å². The van der Waals surface area contributed by atoms with E-state index in [4.69, 9.17) is 4.74 Å². The number of nitrogens with one attached hydrogen (secondary N) is 1. The molecule has 1 amide bonds. The minimum absolute atomic E-state index is 0.0287. The summed E-state index contributed by atoms with van der Waals surface area (Å²) in [7, 11) is 0. The molecule has 19 heavy (non-hydrogen) atoms. The number of aliphatic carboxylic acids is 1. The second-order valence-electron chi connectivity index (χ2n) is 5.72. The van der Waals surface area contributed by atoms with E-state index in [0.717, 1.165) is 25.9 Å². The number of carbonyl (C=O) groups is 2. The zero-order chi connectivity index (χ0) is 13.4. The van der Waals surface area contributed by atoms with E-state index < -0.39 is 17.8 Å². The monoisotopic (exact) mass is 265 g/mol. The molecule has 3 aliphatic rings. The third-order valence-corrected chi connectivity index (χ3v) is 4.58. The van der Waals surface area contributed by atoms with Crippen molar-refractivity contribution >= 4 is 11.9 Å². The zero-order valence-electron chi connectivity index (χ0n) is 10.7. The van der Waals surface area contributed by atoms with Gasteiger partial charge in [-0.1, -0.05) is 12.2 Å². The number of hydrogen-bond donors (Lipinski definition) is 2. The molecule has 2 bridgehead atoms. The van der Waals surface area contributed by atoms with Crippen molar-refractivity contribution < 1.29 is 19.4 Å². The summed E-state index contributed by atoms with van der Waals surface area (Å²) in [6.07, 6.45) is 6.86. The molecule has 5 heteroatoms. The molecular weight excluding hydrogens is 246 g/mol. The van der Waals surface area contributed by atoms with Crippen molar-refractivity contribution in [1.82, 2.24) is 5.32 Å². The van der Waals surface area contributed by atoms with Gasteiger partial charge in [-0.2, -0.15) is 0 Å². The maximum absolute atomic E-state index is 12.2. The Labute approximate surface area is 112 Å². The van der Waals surface area contributed by atoms with E-state index in [1.54, 1.807) is 0 Å². The van der Waals surface area contributed by atoms with E-state index in [2.05, 4.69) is 5.32 Å². The molecule has 1 heterocycles. The molecule has 3 unspecified atom stereocenters. The second kappa shape index (κ2) is 4.96. The lowest BCUT2D eigenvalue weighted by Gasteiger charge is -2.24. The zero-order valence-corrected chi connectivity index (χ0v) is 10.7.